The first-order valence-electron chi connectivity index (χ1n) is 9.08. The fourth-order valence-corrected chi connectivity index (χ4v) is 2.15. The van der Waals surface area contributed by atoms with Crippen molar-refractivity contribution in [2.45, 2.75) is 65.7 Å². The molecular formula is C18H27N7O4. The van der Waals surface area contributed by atoms with Crippen molar-refractivity contribution in [2.75, 3.05) is 5.32 Å². The quantitative estimate of drug-likeness (QED) is 0.793. The van der Waals surface area contributed by atoms with Crippen molar-refractivity contribution in [1.29, 1.82) is 0 Å². The average Bonchev–Trinajstić information content (AvgIpc) is 2.95. The van der Waals surface area contributed by atoms with Gasteiger partial charge in [0.25, 0.3) is 11.9 Å². The Morgan fingerprint density at radius 1 is 1.00 bits per heavy atom. The van der Waals surface area contributed by atoms with Gasteiger partial charge in [-0.15, -0.1) is 5.10 Å². The SMILES string of the molecule is CC(NC(=O)OC(C)(C)C)c1nc(NC(=O)OC(C)(C)C)nn1-c1ncccn1. The lowest BCUT2D eigenvalue weighted by Gasteiger charge is -2.21. The van der Waals surface area contributed by atoms with E-state index in [2.05, 4.69) is 30.7 Å². The third-order valence-electron chi connectivity index (χ3n) is 3.11. The molecule has 0 aliphatic heterocycles. The van der Waals surface area contributed by atoms with Crippen LogP contribution < -0.4 is 10.6 Å². The predicted octanol–water partition coefficient (Wildman–Crippen LogP) is 2.99. The maximum atomic E-state index is 12.1. The molecule has 2 amide bonds. The van der Waals surface area contributed by atoms with Crippen LogP contribution in [0.5, 0.6) is 0 Å². The minimum absolute atomic E-state index is 0.0143. The van der Waals surface area contributed by atoms with Gasteiger partial charge in [0.15, 0.2) is 5.82 Å². The maximum Gasteiger partial charge on any atom is 0.414 e. The van der Waals surface area contributed by atoms with Crippen LogP contribution in [0.3, 0.4) is 0 Å². The summed E-state index contributed by atoms with van der Waals surface area (Å²) in [5.41, 5.74) is -1.33. The zero-order valence-electron chi connectivity index (χ0n) is 17.7. The number of nitrogens with zero attached hydrogens (tertiary/aromatic N) is 5. The molecular weight excluding hydrogens is 378 g/mol. The third kappa shape index (κ3) is 7.01. The zero-order chi connectivity index (χ0) is 21.8. The Labute approximate surface area is 169 Å². The molecule has 0 aliphatic rings. The van der Waals surface area contributed by atoms with Crippen molar-refractivity contribution in [3.63, 3.8) is 0 Å². The number of ether oxygens (including phenoxy) is 2. The highest BCUT2D eigenvalue weighted by atomic mass is 16.6. The molecule has 0 spiro atoms. The highest BCUT2D eigenvalue weighted by Gasteiger charge is 2.25. The number of alkyl carbamates (subject to hydrolysis) is 1. The fourth-order valence-electron chi connectivity index (χ4n) is 2.15. The van der Waals surface area contributed by atoms with E-state index in [0.717, 1.165) is 0 Å². The number of hydrogen-bond acceptors (Lipinski definition) is 8. The number of rotatable bonds is 4. The average molecular weight is 405 g/mol. The smallest absolute Gasteiger partial charge is 0.414 e. The molecule has 0 saturated heterocycles. The van der Waals surface area contributed by atoms with E-state index in [0.29, 0.717) is 5.82 Å². The third-order valence-corrected chi connectivity index (χ3v) is 3.11. The molecule has 0 fully saturated rings. The topological polar surface area (TPSA) is 133 Å². The fraction of sp³-hybridized carbons (Fsp3) is 0.556. The molecule has 2 aromatic heterocycles. The second kappa shape index (κ2) is 8.41. The largest absolute Gasteiger partial charge is 0.444 e. The number of carbonyl (C=O) groups is 2. The molecule has 0 aromatic carbocycles. The van der Waals surface area contributed by atoms with Gasteiger partial charge in [0.2, 0.25) is 0 Å². The molecule has 11 nitrogen and oxygen atoms in total. The molecule has 0 bridgehead atoms. The van der Waals surface area contributed by atoms with Gasteiger partial charge in [-0.3, -0.25) is 5.32 Å². The molecule has 2 N–H and O–H groups in total. The minimum Gasteiger partial charge on any atom is -0.444 e. The van der Waals surface area contributed by atoms with Crippen molar-refractivity contribution < 1.29 is 19.1 Å². The van der Waals surface area contributed by atoms with Gasteiger partial charge >= 0.3 is 12.2 Å². The van der Waals surface area contributed by atoms with Crippen molar-refractivity contribution in [3.8, 4) is 5.95 Å². The summed E-state index contributed by atoms with van der Waals surface area (Å²) in [5, 5.41) is 9.39. The van der Waals surface area contributed by atoms with Crippen LogP contribution in [0.15, 0.2) is 18.5 Å². The Kier molecular flexibility index (Phi) is 6.40. The van der Waals surface area contributed by atoms with E-state index in [9.17, 15) is 9.59 Å². The van der Waals surface area contributed by atoms with E-state index >= 15 is 0 Å². The number of nitrogens with one attached hydrogen (secondary N) is 2. The summed E-state index contributed by atoms with van der Waals surface area (Å²) in [6, 6.07) is 1.04. The zero-order valence-corrected chi connectivity index (χ0v) is 17.7. The molecule has 2 rings (SSSR count). The first-order chi connectivity index (χ1) is 13.3. The minimum atomic E-state index is -0.706. The van der Waals surface area contributed by atoms with Gasteiger partial charge in [0, 0.05) is 12.4 Å². The molecule has 29 heavy (non-hydrogen) atoms. The Morgan fingerprint density at radius 2 is 1.55 bits per heavy atom. The Morgan fingerprint density at radius 3 is 2.10 bits per heavy atom. The summed E-state index contributed by atoms with van der Waals surface area (Å²) in [4.78, 5) is 36.7. The first-order valence-corrected chi connectivity index (χ1v) is 9.08. The molecule has 2 heterocycles. The van der Waals surface area contributed by atoms with E-state index in [-0.39, 0.29) is 11.9 Å². The van der Waals surface area contributed by atoms with Crippen LogP contribution in [0.1, 0.15) is 60.3 Å². The summed E-state index contributed by atoms with van der Waals surface area (Å²) in [5.74, 6) is 0.512. The lowest BCUT2D eigenvalue weighted by Crippen LogP contribution is -2.35. The van der Waals surface area contributed by atoms with Gasteiger partial charge in [-0.1, -0.05) is 0 Å². The van der Waals surface area contributed by atoms with Crippen LogP contribution in [0.25, 0.3) is 5.95 Å². The molecule has 2 aromatic rings. The number of amides is 2. The lowest BCUT2D eigenvalue weighted by molar-refractivity contribution is 0.0504. The van der Waals surface area contributed by atoms with E-state index in [1.165, 1.54) is 4.68 Å². The summed E-state index contributed by atoms with van der Waals surface area (Å²) < 4.78 is 11.8. The second-order valence-electron chi connectivity index (χ2n) is 8.25. The molecule has 0 aliphatic carbocycles. The van der Waals surface area contributed by atoms with Gasteiger partial charge in [-0.05, 0) is 54.5 Å². The van der Waals surface area contributed by atoms with Gasteiger partial charge in [0.05, 0.1) is 6.04 Å². The Hall–Kier alpha value is -3.24. The van der Waals surface area contributed by atoms with Crippen molar-refractivity contribution in [1.82, 2.24) is 30.0 Å². The van der Waals surface area contributed by atoms with E-state index in [1.54, 1.807) is 66.9 Å². The molecule has 158 valence electrons. The van der Waals surface area contributed by atoms with Crippen molar-refractivity contribution >= 4 is 18.1 Å². The molecule has 1 atom stereocenters. The highest BCUT2D eigenvalue weighted by molar-refractivity contribution is 5.82. The summed E-state index contributed by atoms with van der Waals surface area (Å²) >= 11 is 0. The standard InChI is InChI=1S/C18H27N7O4/c1-11(21-15(26)28-17(2,3)4)12-22-13(23-16(27)29-18(5,6)7)24-25(12)14-19-9-8-10-20-14/h8-11H,1-7H3,(H,21,26)(H,23,24,27). The number of carbonyl (C=O) groups excluding carboxylic acids is 2. The highest BCUT2D eigenvalue weighted by Crippen LogP contribution is 2.18. The van der Waals surface area contributed by atoms with E-state index < -0.39 is 29.4 Å². The van der Waals surface area contributed by atoms with E-state index in [4.69, 9.17) is 9.47 Å². The summed E-state index contributed by atoms with van der Waals surface area (Å²) in [7, 11) is 0. The molecule has 0 radical (unpaired) electrons. The molecule has 11 heteroatoms. The van der Waals surface area contributed by atoms with Crippen molar-refractivity contribution in [3.05, 3.63) is 24.3 Å². The summed E-state index contributed by atoms with van der Waals surface area (Å²) in [6.45, 7) is 12.2. The summed E-state index contributed by atoms with van der Waals surface area (Å²) in [6.07, 6.45) is 1.76. The van der Waals surface area contributed by atoms with E-state index in [1.807, 2.05) is 0 Å². The molecule has 0 saturated carbocycles. The number of anilines is 1. The number of aromatic nitrogens is 5. The van der Waals surface area contributed by atoms with Crippen molar-refractivity contribution in [2.24, 2.45) is 0 Å². The van der Waals surface area contributed by atoms with Crippen LogP contribution in [0.4, 0.5) is 15.5 Å². The number of hydrogen-bond donors (Lipinski definition) is 2. The van der Waals surface area contributed by atoms with Crippen LogP contribution in [-0.2, 0) is 9.47 Å². The Bertz CT molecular complexity index is 853. The van der Waals surface area contributed by atoms with Crippen LogP contribution in [-0.4, -0.2) is 48.1 Å². The van der Waals surface area contributed by atoms with Gasteiger partial charge in [-0.2, -0.15) is 9.67 Å². The van der Waals surface area contributed by atoms with Crippen LogP contribution >= 0.6 is 0 Å². The lowest BCUT2D eigenvalue weighted by atomic mass is 10.2. The van der Waals surface area contributed by atoms with Crippen LogP contribution in [0.2, 0.25) is 0 Å². The normalized spacial score (nSPS) is 12.8. The van der Waals surface area contributed by atoms with Gasteiger partial charge < -0.3 is 14.8 Å². The van der Waals surface area contributed by atoms with Gasteiger partial charge in [-0.25, -0.2) is 19.6 Å². The maximum absolute atomic E-state index is 12.1. The van der Waals surface area contributed by atoms with Crippen LogP contribution in [0, 0.1) is 0 Å². The van der Waals surface area contributed by atoms with Gasteiger partial charge in [0.1, 0.15) is 11.2 Å². The first kappa shape index (κ1) is 22.1. The predicted molar refractivity (Wildman–Crippen MR) is 105 cm³/mol. The molecule has 1 unspecified atom stereocenters. The second-order valence-corrected chi connectivity index (χ2v) is 8.25. The Balaban J connectivity index is 2.28. The monoisotopic (exact) mass is 405 g/mol.